The highest BCUT2D eigenvalue weighted by molar-refractivity contribution is 5.52. The molecule has 0 saturated heterocycles. The van der Waals surface area contributed by atoms with E-state index in [4.69, 9.17) is 4.42 Å². The van der Waals surface area contributed by atoms with E-state index in [9.17, 15) is 13.2 Å². The largest absolute Gasteiger partial charge is 0.416 e. The number of aromatic nitrogens is 2. The van der Waals surface area contributed by atoms with Gasteiger partial charge in [-0.1, -0.05) is 29.4 Å². The lowest BCUT2D eigenvalue weighted by Gasteiger charge is -2.07. The summed E-state index contributed by atoms with van der Waals surface area (Å²) in [6, 6.07) is 12.8. The highest BCUT2D eigenvalue weighted by atomic mass is 19.4. The number of benzene rings is 2. The monoisotopic (exact) mass is 347 g/mol. The third-order valence-electron chi connectivity index (χ3n) is 3.80. The maximum absolute atomic E-state index is 12.5. The number of anilines is 2. The first-order chi connectivity index (χ1) is 11.9. The van der Waals surface area contributed by atoms with Crippen LogP contribution < -0.4 is 5.32 Å². The SMILES string of the molecule is Cc1ccccc1CCc1nnc(Nc2ccc(C(F)(F)F)cc2)o1. The molecule has 4 nitrogen and oxygen atoms in total. The molecule has 0 aliphatic heterocycles. The van der Waals surface area contributed by atoms with Crippen LogP contribution in [0.1, 0.15) is 22.6 Å². The molecule has 0 bridgehead atoms. The van der Waals surface area contributed by atoms with Crippen LogP contribution in [0.5, 0.6) is 0 Å². The van der Waals surface area contributed by atoms with Crippen LogP contribution in [-0.2, 0) is 19.0 Å². The third kappa shape index (κ3) is 4.37. The highest BCUT2D eigenvalue weighted by Gasteiger charge is 2.29. The number of hydrogen-bond acceptors (Lipinski definition) is 4. The van der Waals surface area contributed by atoms with E-state index in [2.05, 4.69) is 15.5 Å². The van der Waals surface area contributed by atoms with Crippen molar-refractivity contribution in [3.63, 3.8) is 0 Å². The van der Waals surface area contributed by atoms with Gasteiger partial charge >= 0.3 is 12.2 Å². The fourth-order valence-electron chi connectivity index (χ4n) is 2.40. The number of halogens is 3. The number of rotatable bonds is 5. The number of hydrogen-bond donors (Lipinski definition) is 1. The van der Waals surface area contributed by atoms with Gasteiger partial charge in [-0.05, 0) is 48.7 Å². The molecule has 7 heteroatoms. The second kappa shape index (κ2) is 6.96. The lowest BCUT2D eigenvalue weighted by Crippen LogP contribution is -2.04. The second-order valence-electron chi connectivity index (χ2n) is 5.63. The first kappa shape index (κ1) is 17.0. The third-order valence-corrected chi connectivity index (χ3v) is 3.80. The topological polar surface area (TPSA) is 51.0 Å². The Balaban J connectivity index is 1.61. The molecule has 1 N–H and O–H groups in total. The minimum absolute atomic E-state index is 0.152. The van der Waals surface area contributed by atoms with Crippen LogP contribution in [0.15, 0.2) is 52.9 Å². The van der Waals surface area contributed by atoms with Gasteiger partial charge in [0, 0.05) is 12.1 Å². The van der Waals surface area contributed by atoms with Gasteiger partial charge in [-0.2, -0.15) is 13.2 Å². The van der Waals surface area contributed by atoms with Gasteiger partial charge in [0.05, 0.1) is 5.56 Å². The smallest absolute Gasteiger partial charge is 0.408 e. The Morgan fingerprint density at radius 3 is 2.36 bits per heavy atom. The lowest BCUT2D eigenvalue weighted by molar-refractivity contribution is -0.137. The average molecular weight is 347 g/mol. The van der Waals surface area contributed by atoms with Crippen molar-refractivity contribution in [3.05, 3.63) is 71.1 Å². The standard InChI is InChI=1S/C18H16F3N3O/c1-12-4-2-3-5-13(12)6-11-16-23-24-17(25-16)22-15-9-7-14(8-10-15)18(19,20)21/h2-5,7-10H,6,11H2,1H3,(H,22,24). The Hall–Kier alpha value is -2.83. The molecule has 1 heterocycles. The highest BCUT2D eigenvalue weighted by Crippen LogP contribution is 2.30. The first-order valence-electron chi connectivity index (χ1n) is 7.73. The molecule has 0 atom stereocenters. The summed E-state index contributed by atoms with van der Waals surface area (Å²) in [6.07, 6.45) is -2.99. The van der Waals surface area contributed by atoms with Crippen LogP contribution in [0.25, 0.3) is 0 Å². The summed E-state index contributed by atoms with van der Waals surface area (Å²) in [5, 5.41) is 10.6. The van der Waals surface area contributed by atoms with Crippen molar-refractivity contribution in [3.8, 4) is 0 Å². The van der Waals surface area contributed by atoms with E-state index < -0.39 is 11.7 Å². The Bertz CT molecular complexity index is 841. The summed E-state index contributed by atoms with van der Waals surface area (Å²) in [5.74, 6) is 0.470. The van der Waals surface area contributed by atoms with E-state index in [1.165, 1.54) is 23.3 Å². The zero-order valence-corrected chi connectivity index (χ0v) is 13.5. The summed E-state index contributed by atoms with van der Waals surface area (Å²) in [7, 11) is 0. The van der Waals surface area contributed by atoms with Gasteiger partial charge in [-0.3, -0.25) is 0 Å². The maximum Gasteiger partial charge on any atom is 0.416 e. The lowest BCUT2D eigenvalue weighted by atomic mass is 10.0. The molecule has 0 amide bonds. The van der Waals surface area contributed by atoms with Crippen molar-refractivity contribution in [1.29, 1.82) is 0 Å². The summed E-state index contributed by atoms with van der Waals surface area (Å²) in [4.78, 5) is 0. The minimum atomic E-state index is -4.36. The number of nitrogens with one attached hydrogen (secondary N) is 1. The van der Waals surface area contributed by atoms with Crippen LogP contribution >= 0.6 is 0 Å². The first-order valence-corrected chi connectivity index (χ1v) is 7.73. The van der Waals surface area contributed by atoms with Crippen molar-refractivity contribution in [2.24, 2.45) is 0 Å². The fraction of sp³-hybridized carbons (Fsp3) is 0.222. The predicted molar refractivity (Wildman–Crippen MR) is 87.6 cm³/mol. The van der Waals surface area contributed by atoms with Crippen molar-refractivity contribution in [1.82, 2.24) is 10.2 Å². The molecule has 0 saturated carbocycles. The van der Waals surface area contributed by atoms with Gasteiger partial charge in [0.1, 0.15) is 0 Å². The predicted octanol–water partition coefficient (Wildman–Crippen LogP) is 4.93. The summed E-state index contributed by atoms with van der Waals surface area (Å²) in [6.45, 7) is 2.04. The molecule has 130 valence electrons. The Morgan fingerprint density at radius 2 is 1.68 bits per heavy atom. The Labute approximate surface area is 142 Å². The van der Waals surface area contributed by atoms with Gasteiger partial charge in [0.15, 0.2) is 0 Å². The van der Waals surface area contributed by atoms with Crippen molar-refractivity contribution in [2.75, 3.05) is 5.32 Å². The molecule has 3 aromatic rings. The van der Waals surface area contributed by atoms with Crippen molar-refractivity contribution >= 4 is 11.7 Å². The van der Waals surface area contributed by atoms with Crippen LogP contribution in [0.2, 0.25) is 0 Å². The van der Waals surface area contributed by atoms with Crippen molar-refractivity contribution in [2.45, 2.75) is 25.9 Å². The number of aryl methyl sites for hydroxylation is 3. The number of alkyl halides is 3. The summed E-state index contributed by atoms with van der Waals surface area (Å²) < 4.78 is 43.1. The van der Waals surface area contributed by atoms with Crippen LogP contribution in [0, 0.1) is 6.92 Å². The van der Waals surface area contributed by atoms with Crippen molar-refractivity contribution < 1.29 is 17.6 Å². The normalized spacial score (nSPS) is 11.5. The van der Waals surface area contributed by atoms with Gasteiger partial charge in [0.2, 0.25) is 5.89 Å². The molecule has 0 unspecified atom stereocenters. The van der Waals surface area contributed by atoms with Crippen LogP contribution in [-0.4, -0.2) is 10.2 Å². The molecule has 0 radical (unpaired) electrons. The molecule has 0 aliphatic rings. The van der Waals surface area contributed by atoms with Gasteiger partial charge in [-0.15, -0.1) is 5.10 Å². The number of nitrogens with zero attached hydrogens (tertiary/aromatic N) is 2. The zero-order chi connectivity index (χ0) is 17.9. The summed E-state index contributed by atoms with van der Waals surface area (Å²) in [5.41, 5.74) is 2.15. The van der Waals surface area contributed by atoms with Crippen LogP contribution in [0.4, 0.5) is 24.9 Å². The van der Waals surface area contributed by atoms with Gasteiger partial charge in [0.25, 0.3) is 0 Å². The second-order valence-corrected chi connectivity index (χ2v) is 5.63. The molecule has 3 rings (SSSR count). The molecule has 1 aromatic heterocycles. The summed E-state index contributed by atoms with van der Waals surface area (Å²) >= 11 is 0. The molecule has 2 aromatic carbocycles. The van der Waals surface area contributed by atoms with E-state index in [1.54, 1.807) is 0 Å². The molecular weight excluding hydrogens is 331 g/mol. The van der Waals surface area contributed by atoms with E-state index in [0.717, 1.165) is 18.6 Å². The minimum Gasteiger partial charge on any atom is -0.408 e. The fourth-order valence-corrected chi connectivity index (χ4v) is 2.40. The van der Waals surface area contributed by atoms with E-state index in [-0.39, 0.29) is 6.01 Å². The molecule has 25 heavy (non-hydrogen) atoms. The van der Waals surface area contributed by atoms with Gasteiger partial charge in [-0.25, -0.2) is 0 Å². The Morgan fingerprint density at radius 1 is 0.960 bits per heavy atom. The molecular formula is C18H16F3N3O. The van der Waals surface area contributed by atoms with E-state index in [1.807, 2.05) is 31.2 Å². The quantitative estimate of drug-likeness (QED) is 0.711. The van der Waals surface area contributed by atoms with E-state index in [0.29, 0.717) is 18.0 Å². The maximum atomic E-state index is 12.5. The van der Waals surface area contributed by atoms with Gasteiger partial charge < -0.3 is 9.73 Å². The average Bonchev–Trinajstić information content (AvgIpc) is 3.01. The molecule has 0 aliphatic carbocycles. The zero-order valence-electron chi connectivity index (χ0n) is 13.5. The van der Waals surface area contributed by atoms with E-state index >= 15 is 0 Å². The molecule has 0 fully saturated rings. The van der Waals surface area contributed by atoms with Crippen LogP contribution in [0.3, 0.4) is 0 Å². The molecule has 0 spiro atoms. The Kier molecular flexibility index (Phi) is 4.74.